The van der Waals surface area contributed by atoms with Crippen molar-refractivity contribution in [2.24, 2.45) is 0 Å². The van der Waals surface area contributed by atoms with Gasteiger partial charge in [0.1, 0.15) is 12.1 Å². The molecule has 9 heteroatoms. The van der Waals surface area contributed by atoms with E-state index < -0.39 is 5.92 Å². The minimum Gasteiger partial charge on any atom is -0.398 e. The van der Waals surface area contributed by atoms with Gasteiger partial charge in [-0.05, 0) is 17.7 Å². The maximum absolute atomic E-state index is 13.4. The molecule has 0 spiro atoms. The second-order valence-electron chi connectivity index (χ2n) is 6.81. The van der Waals surface area contributed by atoms with E-state index in [1.807, 2.05) is 0 Å². The van der Waals surface area contributed by atoms with Crippen LogP contribution in [0.15, 0.2) is 36.8 Å². The standard InChI is InChI=1S/C20H23F2N7/c1-26-11-14(10-23)13-2-3-16(24)15(8-13)19(25)17-9-18(28-12-27-17)29-6-4-20(21,22)5-7-29/h2-3,8-12,23,25-26H,4-7,24H2,1H3/b14-11+,23-10?,25-19?. The average molecular weight is 399 g/mol. The Hall–Kier alpha value is -3.36. The van der Waals surface area contributed by atoms with Crippen LogP contribution < -0.4 is 16.0 Å². The first kappa shape index (κ1) is 20.4. The number of halogens is 2. The Morgan fingerprint density at radius 2 is 1.97 bits per heavy atom. The molecule has 2 heterocycles. The summed E-state index contributed by atoms with van der Waals surface area (Å²) in [4.78, 5) is 10.1. The van der Waals surface area contributed by atoms with Gasteiger partial charge in [0.05, 0.1) is 11.4 Å². The predicted octanol–water partition coefficient (Wildman–Crippen LogP) is 2.92. The number of rotatable bonds is 6. The summed E-state index contributed by atoms with van der Waals surface area (Å²) in [7, 11) is 1.74. The predicted molar refractivity (Wildman–Crippen MR) is 111 cm³/mol. The molecule has 0 aliphatic carbocycles. The molecule has 1 saturated heterocycles. The van der Waals surface area contributed by atoms with E-state index >= 15 is 0 Å². The number of allylic oxidation sites excluding steroid dienone is 1. The first-order chi connectivity index (χ1) is 13.8. The molecule has 29 heavy (non-hydrogen) atoms. The summed E-state index contributed by atoms with van der Waals surface area (Å²) in [5.41, 5.74) is 8.79. The Bertz CT molecular complexity index is 946. The lowest BCUT2D eigenvalue weighted by Crippen LogP contribution is -2.39. The highest BCUT2D eigenvalue weighted by molar-refractivity contribution is 6.15. The summed E-state index contributed by atoms with van der Waals surface area (Å²) in [6.07, 6.45) is 3.78. The molecule has 1 aliphatic heterocycles. The van der Waals surface area contributed by atoms with Crippen molar-refractivity contribution in [3.05, 3.63) is 53.6 Å². The van der Waals surface area contributed by atoms with Gasteiger partial charge in [0.15, 0.2) is 0 Å². The van der Waals surface area contributed by atoms with Crippen molar-refractivity contribution in [3.63, 3.8) is 0 Å². The molecule has 1 aromatic heterocycles. The van der Waals surface area contributed by atoms with Crippen LogP contribution in [0.3, 0.4) is 0 Å². The summed E-state index contributed by atoms with van der Waals surface area (Å²) in [5, 5.41) is 19.0. The fourth-order valence-corrected chi connectivity index (χ4v) is 3.17. The summed E-state index contributed by atoms with van der Waals surface area (Å²) in [6.45, 7) is 0.401. The Labute approximate surface area is 167 Å². The number of aromatic nitrogens is 2. The number of benzene rings is 1. The largest absolute Gasteiger partial charge is 0.398 e. The highest BCUT2D eigenvalue weighted by Gasteiger charge is 2.34. The van der Waals surface area contributed by atoms with Gasteiger partial charge in [0.2, 0.25) is 0 Å². The zero-order valence-corrected chi connectivity index (χ0v) is 16.0. The first-order valence-electron chi connectivity index (χ1n) is 9.16. The number of hydrogen-bond donors (Lipinski definition) is 4. The SMILES string of the molecule is CN/C=C(\C=N)c1ccc(N)c(C(=N)c2cc(N3CCC(F)(F)CC3)ncn2)c1. The molecule has 1 aromatic carbocycles. The third kappa shape index (κ3) is 4.56. The second-order valence-corrected chi connectivity index (χ2v) is 6.81. The quantitative estimate of drug-likeness (QED) is 0.440. The van der Waals surface area contributed by atoms with Gasteiger partial charge in [-0.1, -0.05) is 6.07 Å². The maximum atomic E-state index is 13.4. The van der Waals surface area contributed by atoms with Gasteiger partial charge in [-0.3, -0.25) is 5.41 Å². The normalized spacial score (nSPS) is 16.4. The highest BCUT2D eigenvalue weighted by Crippen LogP contribution is 2.30. The molecule has 0 amide bonds. The van der Waals surface area contributed by atoms with Crippen molar-refractivity contribution in [2.45, 2.75) is 18.8 Å². The van der Waals surface area contributed by atoms with Crippen LogP contribution in [0.5, 0.6) is 0 Å². The number of nitrogens with two attached hydrogens (primary N) is 1. The smallest absolute Gasteiger partial charge is 0.251 e. The molecule has 0 unspecified atom stereocenters. The van der Waals surface area contributed by atoms with Crippen molar-refractivity contribution in [1.29, 1.82) is 10.8 Å². The number of nitrogens with zero attached hydrogens (tertiary/aromatic N) is 3. The fourth-order valence-electron chi connectivity index (χ4n) is 3.17. The third-order valence-electron chi connectivity index (χ3n) is 4.84. The van der Waals surface area contributed by atoms with Crippen LogP contribution in [0.1, 0.15) is 29.7 Å². The van der Waals surface area contributed by atoms with Crippen molar-refractivity contribution in [3.8, 4) is 0 Å². The molecule has 152 valence electrons. The van der Waals surface area contributed by atoms with E-state index in [1.165, 1.54) is 12.5 Å². The van der Waals surface area contributed by atoms with E-state index in [-0.39, 0.29) is 31.6 Å². The van der Waals surface area contributed by atoms with Crippen molar-refractivity contribution >= 4 is 29.0 Å². The molecule has 1 aliphatic rings. The monoisotopic (exact) mass is 399 g/mol. The average Bonchev–Trinajstić information content (AvgIpc) is 2.72. The lowest BCUT2D eigenvalue weighted by Gasteiger charge is -2.32. The number of hydrogen-bond acceptors (Lipinski definition) is 7. The minimum absolute atomic E-state index is 0.101. The molecule has 0 atom stereocenters. The Morgan fingerprint density at radius 1 is 1.24 bits per heavy atom. The van der Waals surface area contributed by atoms with Crippen LogP contribution in [-0.2, 0) is 0 Å². The summed E-state index contributed by atoms with van der Waals surface area (Å²) < 4.78 is 26.8. The number of piperidine rings is 1. The molecule has 0 radical (unpaired) electrons. The van der Waals surface area contributed by atoms with Crippen LogP contribution in [0.25, 0.3) is 5.57 Å². The molecular formula is C20H23F2N7. The number of nitrogen functional groups attached to an aromatic ring is 1. The molecular weight excluding hydrogens is 376 g/mol. The second kappa shape index (κ2) is 8.34. The van der Waals surface area contributed by atoms with Gasteiger partial charge in [-0.25, -0.2) is 18.7 Å². The molecule has 2 aromatic rings. The van der Waals surface area contributed by atoms with E-state index in [1.54, 1.807) is 42.4 Å². The van der Waals surface area contributed by atoms with E-state index in [2.05, 4.69) is 15.3 Å². The molecule has 3 rings (SSSR count). The Morgan fingerprint density at radius 3 is 2.62 bits per heavy atom. The lowest BCUT2D eigenvalue weighted by atomic mass is 9.98. The first-order valence-corrected chi connectivity index (χ1v) is 9.16. The Kier molecular flexibility index (Phi) is 5.86. The summed E-state index contributed by atoms with van der Waals surface area (Å²) >= 11 is 0. The maximum Gasteiger partial charge on any atom is 0.251 e. The summed E-state index contributed by atoms with van der Waals surface area (Å²) in [5.74, 6) is -2.12. The third-order valence-corrected chi connectivity index (χ3v) is 4.84. The van der Waals surface area contributed by atoms with E-state index in [0.29, 0.717) is 28.3 Å². The van der Waals surface area contributed by atoms with Gasteiger partial charge in [-0.15, -0.1) is 0 Å². The van der Waals surface area contributed by atoms with E-state index in [9.17, 15) is 8.78 Å². The van der Waals surface area contributed by atoms with Gasteiger partial charge >= 0.3 is 0 Å². The van der Waals surface area contributed by atoms with Crippen LogP contribution in [0.4, 0.5) is 20.3 Å². The van der Waals surface area contributed by atoms with Crippen molar-refractivity contribution < 1.29 is 8.78 Å². The molecule has 0 bridgehead atoms. The number of alkyl halides is 2. The minimum atomic E-state index is -2.64. The highest BCUT2D eigenvalue weighted by atomic mass is 19.3. The Balaban J connectivity index is 1.89. The molecule has 5 N–H and O–H groups in total. The zero-order chi connectivity index (χ0) is 21.0. The van der Waals surface area contributed by atoms with Crippen molar-refractivity contribution in [1.82, 2.24) is 15.3 Å². The summed E-state index contributed by atoms with van der Waals surface area (Å²) in [6, 6.07) is 6.81. The lowest BCUT2D eigenvalue weighted by molar-refractivity contribution is -0.0221. The van der Waals surface area contributed by atoms with E-state index in [0.717, 1.165) is 5.56 Å². The number of anilines is 2. The van der Waals surface area contributed by atoms with Crippen LogP contribution in [0.2, 0.25) is 0 Å². The van der Waals surface area contributed by atoms with Crippen LogP contribution in [-0.4, -0.2) is 48.0 Å². The van der Waals surface area contributed by atoms with Crippen LogP contribution >= 0.6 is 0 Å². The fraction of sp³-hybridized carbons (Fsp3) is 0.300. The van der Waals surface area contributed by atoms with Gasteiger partial charge in [-0.2, -0.15) is 0 Å². The molecule has 1 fully saturated rings. The molecule has 0 saturated carbocycles. The van der Waals surface area contributed by atoms with Gasteiger partial charge in [0.25, 0.3) is 5.92 Å². The molecule has 7 nitrogen and oxygen atoms in total. The van der Waals surface area contributed by atoms with E-state index in [4.69, 9.17) is 16.6 Å². The topological polar surface area (TPSA) is 115 Å². The van der Waals surface area contributed by atoms with Gasteiger partial charge < -0.3 is 21.4 Å². The number of nitrogens with one attached hydrogen (secondary N) is 3. The van der Waals surface area contributed by atoms with Gasteiger partial charge in [0, 0.05) is 68.3 Å². The zero-order valence-electron chi connectivity index (χ0n) is 16.0. The van der Waals surface area contributed by atoms with Crippen molar-refractivity contribution in [2.75, 3.05) is 30.8 Å². The van der Waals surface area contributed by atoms with Crippen LogP contribution in [0, 0.1) is 10.8 Å².